The van der Waals surface area contributed by atoms with Crippen molar-refractivity contribution in [2.75, 3.05) is 60.7 Å². The first-order valence-electron chi connectivity index (χ1n) is 15.2. The van der Waals surface area contributed by atoms with E-state index in [1.807, 2.05) is 47.4 Å². The monoisotopic (exact) mass is 581 g/mol. The fourth-order valence-corrected chi connectivity index (χ4v) is 6.26. The highest BCUT2D eigenvalue weighted by Crippen LogP contribution is 2.43. The maximum atomic E-state index is 13.8. The van der Waals surface area contributed by atoms with Crippen LogP contribution in [0.3, 0.4) is 0 Å². The van der Waals surface area contributed by atoms with Crippen LogP contribution < -0.4 is 14.2 Å². The van der Waals surface area contributed by atoms with Crippen LogP contribution in [0.2, 0.25) is 0 Å². The maximum absolute atomic E-state index is 13.8. The van der Waals surface area contributed by atoms with E-state index in [2.05, 4.69) is 30.8 Å². The van der Waals surface area contributed by atoms with Crippen molar-refractivity contribution in [2.24, 2.45) is 5.92 Å². The molecular formula is C33H47N3O6. The van der Waals surface area contributed by atoms with Crippen molar-refractivity contribution in [2.45, 2.75) is 57.4 Å². The summed E-state index contributed by atoms with van der Waals surface area (Å²) >= 11 is 0. The minimum atomic E-state index is -0.843. The molecule has 0 bridgehead atoms. The number of ether oxygens (including phenoxy) is 3. The Hall–Kier alpha value is -3.30. The zero-order valence-electron chi connectivity index (χ0n) is 25.6. The molecule has 0 aliphatic carbocycles. The molecule has 1 saturated heterocycles. The highest BCUT2D eigenvalue weighted by Gasteiger charge is 2.47. The van der Waals surface area contributed by atoms with Crippen LogP contribution in [0.4, 0.5) is 0 Å². The first kappa shape index (κ1) is 31.6. The van der Waals surface area contributed by atoms with Gasteiger partial charge in [-0.05, 0) is 82.1 Å². The molecule has 0 aromatic heterocycles. The Morgan fingerprint density at radius 3 is 2.50 bits per heavy atom. The molecule has 2 aromatic carbocycles. The smallest absolute Gasteiger partial charge is 0.308 e. The van der Waals surface area contributed by atoms with E-state index in [9.17, 15) is 14.7 Å². The van der Waals surface area contributed by atoms with Crippen molar-refractivity contribution < 1.29 is 28.9 Å². The molecule has 3 atom stereocenters. The van der Waals surface area contributed by atoms with Gasteiger partial charge in [-0.15, -0.1) is 0 Å². The second-order valence-electron chi connectivity index (χ2n) is 11.7. The number of unbranched alkanes of at least 4 members (excludes halogenated alkanes) is 2. The number of amides is 1. The van der Waals surface area contributed by atoms with Gasteiger partial charge in [0.05, 0.1) is 19.6 Å². The number of carboxylic acids is 1. The minimum Gasteiger partial charge on any atom is -0.496 e. The number of likely N-dealkylation sites (tertiary alicyclic amines) is 1. The second kappa shape index (κ2) is 15.3. The Balaban J connectivity index is 1.57. The average molecular weight is 582 g/mol. The van der Waals surface area contributed by atoms with E-state index in [1.165, 1.54) is 0 Å². The molecule has 9 heteroatoms. The molecular weight excluding hydrogens is 534 g/mol. The van der Waals surface area contributed by atoms with Gasteiger partial charge in [0, 0.05) is 31.6 Å². The van der Waals surface area contributed by atoms with Crippen molar-refractivity contribution in [3.8, 4) is 17.2 Å². The van der Waals surface area contributed by atoms with E-state index in [0.29, 0.717) is 30.9 Å². The number of nitrogens with zero attached hydrogens (tertiary/aromatic N) is 3. The van der Waals surface area contributed by atoms with Crippen molar-refractivity contribution in [1.29, 1.82) is 0 Å². The summed E-state index contributed by atoms with van der Waals surface area (Å²) in [7, 11) is 5.78. The number of hydrogen-bond acceptors (Lipinski definition) is 7. The minimum absolute atomic E-state index is 0.0751. The molecule has 1 N–H and O–H groups in total. The SMILES string of the molecule is CCCCN(CCCCN(C)C)C(=O)CN1C[C@H](c2ccc3c(c2)OCO3)[C@H](C(=O)O)[C@H]1CCc1ccccc1OC. The van der Waals surface area contributed by atoms with Gasteiger partial charge in [-0.2, -0.15) is 0 Å². The van der Waals surface area contributed by atoms with Crippen LogP contribution in [0.1, 0.15) is 56.1 Å². The number of hydrogen-bond donors (Lipinski definition) is 1. The van der Waals surface area contributed by atoms with Crippen molar-refractivity contribution in [3.05, 3.63) is 53.6 Å². The molecule has 230 valence electrons. The van der Waals surface area contributed by atoms with E-state index >= 15 is 0 Å². The Kier molecular flexibility index (Phi) is 11.5. The van der Waals surface area contributed by atoms with E-state index in [-0.39, 0.29) is 31.2 Å². The van der Waals surface area contributed by atoms with Gasteiger partial charge in [0.2, 0.25) is 12.7 Å². The number of carbonyl (C=O) groups excluding carboxylic acids is 1. The van der Waals surface area contributed by atoms with Crippen LogP contribution in [0, 0.1) is 5.92 Å². The van der Waals surface area contributed by atoms with Crippen LogP contribution in [0.15, 0.2) is 42.5 Å². The zero-order chi connectivity index (χ0) is 30.1. The quantitative estimate of drug-likeness (QED) is 0.290. The van der Waals surface area contributed by atoms with E-state index < -0.39 is 11.9 Å². The Morgan fingerprint density at radius 1 is 1.02 bits per heavy atom. The summed E-state index contributed by atoms with van der Waals surface area (Å²) in [5, 5.41) is 10.6. The highest BCUT2D eigenvalue weighted by molar-refractivity contribution is 5.79. The molecule has 2 aromatic rings. The molecule has 2 heterocycles. The summed E-state index contributed by atoms with van der Waals surface area (Å²) in [6.45, 7) is 5.43. The number of rotatable bonds is 16. The van der Waals surface area contributed by atoms with Gasteiger partial charge in [-0.25, -0.2) is 0 Å². The number of aryl methyl sites for hydroxylation is 1. The number of carbonyl (C=O) groups is 2. The van der Waals surface area contributed by atoms with E-state index in [0.717, 1.165) is 62.2 Å². The molecule has 2 aliphatic heterocycles. The normalized spacial score (nSPS) is 19.8. The Bertz CT molecular complexity index is 1190. The molecule has 0 radical (unpaired) electrons. The molecule has 0 unspecified atom stereocenters. The predicted molar refractivity (Wildman–Crippen MR) is 162 cm³/mol. The van der Waals surface area contributed by atoms with Crippen molar-refractivity contribution in [3.63, 3.8) is 0 Å². The molecule has 4 rings (SSSR count). The Morgan fingerprint density at radius 2 is 1.76 bits per heavy atom. The first-order valence-corrected chi connectivity index (χ1v) is 15.2. The van der Waals surface area contributed by atoms with Crippen LogP contribution in [-0.4, -0.2) is 98.4 Å². The molecule has 42 heavy (non-hydrogen) atoms. The summed E-state index contributed by atoms with van der Waals surface area (Å²) in [5.41, 5.74) is 1.93. The molecule has 1 amide bonds. The maximum Gasteiger partial charge on any atom is 0.308 e. The summed E-state index contributed by atoms with van der Waals surface area (Å²) in [4.78, 5) is 33.0. The lowest BCUT2D eigenvalue weighted by Gasteiger charge is -2.30. The lowest BCUT2D eigenvalue weighted by molar-refractivity contribution is -0.143. The van der Waals surface area contributed by atoms with Gasteiger partial charge in [-0.3, -0.25) is 14.5 Å². The van der Waals surface area contributed by atoms with Gasteiger partial charge >= 0.3 is 5.97 Å². The van der Waals surface area contributed by atoms with Crippen molar-refractivity contribution in [1.82, 2.24) is 14.7 Å². The molecule has 0 saturated carbocycles. The topological polar surface area (TPSA) is 91.8 Å². The average Bonchev–Trinajstić information content (AvgIpc) is 3.59. The van der Waals surface area contributed by atoms with Crippen LogP contribution in [-0.2, 0) is 16.0 Å². The Labute approximate surface area is 250 Å². The first-order chi connectivity index (χ1) is 20.3. The van der Waals surface area contributed by atoms with Crippen molar-refractivity contribution >= 4 is 11.9 Å². The van der Waals surface area contributed by atoms with Crippen LogP contribution in [0.5, 0.6) is 17.2 Å². The van der Waals surface area contributed by atoms with Gasteiger partial charge < -0.3 is 29.1 Å². The second-order valence-corrected chi connectivity index (χ2v) is 11.7. The highest BCUT2D eigenvalue weighted by atomic mass is 16.7. The fraction of sp³-hybridized carbons (Fsp3) is 0.576. The standard InChI is InChI=1S/C33H47N3O6/c1-5-6-18-35(19-10-9-17-34(2)3)31(37)22-36-21-26(25-14-16-29-30(20-25)42-23-41-29)32(33(38)39)27(36)15-13-24-11-7-8-12-28(24)40-4/h7-8,11-12,14,16,20,26-27,32H,5-6,9-10,13,15,17-19,21-23H2,1-4H3,(H,38,39)/t26-,27-,32+/m1/s1. The molecule has 1 fully saturated rings. The fourth-order valence-electron chi connectivity index (χ4n) is 6.26. The number of methoxy groups -OCH3 is 1. The third kappa shape index (κ3) is 7.95. The summed E-state index contributed by atoms with van der Waals surface area (Å²) < 4.78 is 16.7. The van der Waals surface area contributed by atoms with Crippen LogP contribution in [0.25, 0.3) is 0 Å². The van der Waals surface area contributed by atoms with Crippen LogP contribution >= 0.6 is 0 Å². The van der Waals surface area contributed by atoms with Gasteiger partial charge in [0.1, 0.15) is 5.75 Å². The number of para-hydroxylation sites is 1. The van der Waals surface area contributed by atoms with Gasteiger partial charge in [0.15, 0.2) is 11.5 Å². The lowest BCUT2D eigenvalue weighted by Crippen LogP contribution is -2.45. The third-order valence-electron chi connectivity index (χ3n) is 8.52. The number of aliphatic carboxylic acids is 1. The van der Waals surface area contributed by atoms with E-state index in [1.54, 1.807) is 7.11 Å². The predicted octanol–water partition coefficient (Wildman–Crippen LogP) is 4.50. The number of fused-ring (bicyclic) bond motifs is 1. The zero-order valence-corrected chi connectivity index (χ0v) is 25.6. The third-order valence-corrected chi connectivity index (χ3v) is 8.52. The summed E-state index contributed by atoms with van der Waals surface area (Å²) in [6.07, 6.45) is 5.20. The molecule has 2 aliphatic rings. The van der Waals surface area contributed by atoms with Gasteiger partial charge in [0.25, 0.3) is 0 Å². The molecule has 0 spiro atoms. The summed E-state index contributed by atoms with van der Waals surface area (Å²) in [5.74, 6) is 0.383. The largest absolute Gasteiger partial charge is 0.496 e. The number of benzene rings is 2. The molecule has 9 nitrogen and oxygen atoms in total. The summed E-state index contributed by atoms with van der Waals surface area (Å²) in [6, 6.07) is 13.2. The van der Waals surface area contributed by atoms with Gasteiger partial charge in [-0.1, -0.05) is 37.6 Å². The number of carboxylic acid groups (broad SMARTS) is 1. The lowest BCUT2D eigenvalue weighted by atomic mass is 9.83. The van der Waals surface area contributed by atoms with E-state index in [4.69, 9.17) is 14.2 Å².